The van der Waals surface area contributed by atoms with Crippen LogP contribution in [0.1, 0.15) is 31.4 Å². The van der Waals surface area contributed by atoms with Crippen LogP contribution >= 0.6 is 0 Å². The number of methoxy groups -OCH3 is 2. The van der Waals surface area contributed by atoms with Crippen molar-refractivity contribution in [1.82, 2.24) is 10.6 Å². The summed E-state index contributed by atoms with van der Waals surface area (Å²) in [5.41, 5.74) is 1.06. The number of rotatable bonds is 8. The van der Waals surface area contributed by atoms with Gasteiger partial charge < -0.3 is 25.0 Å². The Morgan fingerprint density at radius 2 is 2.00 bits per heavy atom. The number of likely N-dealkylation sites (tertiary alicyclic amines) is 1. The molecule has 0 aromatic heterocycles. The van der Waals surface area contributed by atoms with Crippen LogP contribution in [0.3, 0.4) is 0 Å². The number of carbonyl (C=O) groups is 2. The first kappa shape index (κ1) is 19.1. The number of amides is 2. The van der Waals surface area contributed by atoms with Gasteiger partial charge in [0.05, 0.1) is 32.9 Å². The molecule has 0 radical (unpaired) electrons. The first-order valence-corrected chi connectivity index (χ1v) is 8.69. The molecule has 25 heavy (non-hydrogen) atoms. The van der Waals surface area contributed by atoms with E-state index in [1.807, 2.05) is 25.1 Å². The molecule has 1 aliphatic rings. The van der Waals surface area contributed by atoms with Gasteiger partial charge in [-0.05, 0) is 25.1 Å². The summed E-state index contributed by atoms with van der Waals surface area (Å²) in [7, 11) is 3.29. The third kappa shape index (κ3) is 5.09. The Morgan fingerprint density at radius 3 is 2.68 bits per heavy atom. The Labute approximate surface area is 148 Å². The molecule has 7 nitrogen and oxygen atoms in total. The Morgan fingerprint density at radius 1 is 1.20 bits per heavy atom. The molecule has 1 saturated heterocycles. The second-order valence-corrected chi connectivity index (χ2v) is 6.12. The maximum Gasteiger partial charge on any atom is 0.275 e. The smallest absolute Gasteiger partial charge is 0.275 e. The second kappa shape index (κ2) is 9.27. The lowest BCUT2D eigenvalue weighted by molar-refractivity contribution is -0.910. The van der Waals surface area contributed by atoms with Crippen molar-refractivity contribution in [2.75, 3.05) is 40.4 Å². The largest absolute Gasteiger partial charge is 0.497 e. The van der Waals surface area contributed by atoms with Gasteiger partial charge in [-0.1, -0.05) is 0 Å². The van der Waals surface area contributed by atoms with Crippen molar-refractivity contribution in [3.05, 3.63) is 23.8 Å². The van der Waals surface area contributed by atoms with Gasteiger partial charge in [0.1, 0.15) is 17.5 Å². The summed E-state index contributed by atoms with van der Waals surface area (Å²) >= 11 is 0. The van der Waals surface area contributed by atoms with Gasteiger partial charge in [-0.15, -0.1) is 0 Å². The van der Waals surface area contributed by atoms with E-state index in [1.54, 1.807) is 14.2 Å². The molecule has 1 fully saturated rings. The van der Waals surface area contributed by atoms with E-state index in [2.05, 4.69) is 10.6 Å². The molecule has 2 rings (SSSR count). The number of ether oxygens (including phenoxy) is 2. The van der Waals surface area contributed by atoms with Gasteiger partial charge in [0.2, 0.25) is 5.91 Å². The highest BCUT2D eigenvalue weighted by Gasteiger charge is 2.33. The van der Waals surface area contributed by atoms with Crippen LogP contribution in [0.25, 0.3) is 0 Å². The normalized spacial score (nSPS) is 19.3. The fraction of sp³-hybridized carbons (Fsp3) is 0.556. The number of hydrogen-bond donors (Lipinski definition) is 3. The van der Waals surface area contributed by atoms with Crippen molar-refractivity contribution >= 4 is 11.8 Å². The number of nitrogens with one attached hydrogen (secondary N) is 3. The molecule has 138 valence electrons. The van der Waals surface area contributed by atoms with Crippen LogP contribution in [0.2, 0.25) is 0 Å². The van der Waals surface area contributed by atoms with Crippen LogP contribution in [0, 0.1) is 0 Å². The predicted octanol–water partition coefficient (Wildman–Crippen LogP) is -0.324. The van der Waals surface area contributed by atoms with Crippen LogP contribution in [-0.4, -0.2) is 52.2 Å². The van der Waals surface area contributed by atoms with E-state index in [0.29, 0.717) is 13.1 Å². The Balaban J connectivity index is 2.02. The van der Waals surface area contributed by atoms with Gasteiger partial charge in [-0.2, -0.15) is 0 Å². The predicted molar refractivity (Wildman–Crippen MR) is 93.9 cm³/mol. The summed E-state index contributed by atoms with van der Waals surface area (Å²) in [6.45, 7) is 3.68. The lowest BCUT2D eigenvalue weighted by Crippen LogP contribution is -3.11. The quantitative estimate of drug-likeness (QED) is 0.600. The molecule has 2 atom stereocenters. The van der Waals surface area contributed by atoms with E-state index in [0.717, 1.165) is 36.4 Å². The molecule has 1 aromatic rings. The second-order valence-electron chi connectivity index (χ2n) is 6.12. The molecule has 1 unspecified atom stereocenters. The molecular weight excluding hydrogens is 322 g/mol. The number of hydrogen-bond acceptors (Lipinski definition) is 4. The van der Waals surface area contributed by atoms with Crippen molar-refractivity contribution < 1.29 is 24.0 Å². The maximum absolute atomic E-state index is 12.2. The van der Waals surface area contributed by atoms with Crippen LogP contribution in [0.15, 0.2) is 18.2 Å². The molecule has 3 N–H and O–H groups in total. The summed E-state index contributed by atoms with van der Waals surface area (Å²) in [5, 5.41) is 5.36. The van der Waals surface area contributed by atoms with Crippen LogP contribution in [0.4, 0.5) is 0 Å². The average molecular weight is 350 g/mol. The SMILES string of the molecule is CCNC(=O)CNC(=O)C[NH+]1CCC[C@H]1c1cc(OC)ccc1OC. The van der Waals surface area contributed by atoms with Crippen molar-refractivity contribution in [2.24, 2.45) is 0 Å². The van der Waals surface area contributed by atoms with Gasteiger partial charge in [0.25, 0.3) is 5.91 Å². The molecular formula is C18H28N3O4+. The summed E-state index contributed by atoms with van der Waals surface area (Å²) in [6.07, 6.45) is 2.03. The number of benzene rings is 1. The topological polar surface area (TPSA) is 81.1 Å². The molecule has 1 heterocycles. The molecule has 0 spiro atoms. The highest BCUT2D eigenvalue weighted by Crippen LogP contribution is 2.31. The van der Waals surface area contributed by atoms with Crippen molar-refractivity contribution in [3.63, 3.8) is 0 Å². The van der Waals surface area contributed by atoms with Crippen molar-refractivity contribution in [3.8, 4) is 11.5 Å². The fourth-order valence-electron chi connectivity index (χ4n) is 3.32. The van der Waals surface area contributed by atoms with E-state index in [9.17, 15) is 9.59 Å². The van der Waals surface area contributed by atoms with E-state index < -0.39 is 0 Å². The molecule has 0 bridgehead atoms. The van der Waals surface area contributed by atoms with Crippen molar-refractivity contribution in [2.45, 2.75) is 25.8 Å². The van der Waals surface area contributed by atoms with Crippen LogP contribution in [-0.2, 0) is 9.59 Å². The average Bonchev–Trinajstić information content (AvgIpc) is 3.07. The molecule has 0 aliphatic carbocycles. The van der Waals surface area contributed by atoms with Crippen molar-refractivity contribution in [1.29, 1.82) is 0 Å². The zero-order valence-corrected chi connectivity index (χ0v) is 15.2. The Bertz CT molecular complexity index is 606. The van der Waals surface area contributed by atoms with E-state index in [1.165, 1.54) is 4.90 Å². The van der Waals surface area contributed by atoms with Gasteiger partial charge >= 0.3 is 0 Å². The van der Waals surface area contributed by atoms with Gasteiger partial charge in [0.15, 0.2) is 6.54 Å². The standard InChI is InChI=1S/C18H27N3O4/c1-4-19-17(22)11-20-18(23)12-21-9-5-6-15(21)14-10-13(24-2)7-8-16(14)25-3/h7-8,10,15H,4-6,9,11-12H2,1-3H3,(H,19,22)(H,20,23)/p+1/t15-/m0/s1. The molecule has 1 aliphatic heterocycles. The molecule has 2 amide bonds. The van der Waals surface area contributed by atoms with Gasteiger partial charge in [-0.3, -0.25) is 9.59 Å². The molecule has 7 heteroatoms. The highest BCUT2D eigenvalue weighted by molar-refractivity contribution is 5.84. The summed E-state index contributed by atoms with van der Waals surface area (Å²) < 4.78 is 10.8. The lowest BCUT2D eigenvalue weighted by Gasteiger charge is -2.23. The van der Waals surface area contributed by atoms with E-state index >= 15 is 0 Å². The Hall–Kier alpha value is -2.28. The van der Waals surface area contributed by atoms with E-state index in [-0.39, 0.29) is 24.4 Å². The van der Waals surface area contributed by atoms with E-state index in [4.69, 9.17) is 9.47 Å². The first-order valence-electron chi connectivity index (χ1n) is 8.69. The minimum Gasteiger partial charge on any atom is -0.497 e. The number of likely N-dealkylation sites (N-methyl/N-ethyl adjacent to an activating group) is 1. The van der Waals surface area contributed by atoms with Crippen LogP contribution < -0.4 is 25.0 Å². The minimum absolute atomic E-state index is 0.0209. The third-order valence-electron chi connectivity index (χ3n) is 4.50. The Kier molecular flexibility index (Phi) is 7.06. The molecule has 0 saturated carbocycles. The first-order chi connectivity index (χ1) is 12.1. The monoisotopic (exact) mass is 350 g/mol. The zero-order valence-electron chi connectivity index (χ0n) is 15.2. The van der Waals surface area contributed by atoms with Gasteiger partial charge in [-0.25, -0.2) is 0 Å². The minimum atomic E-state index is -0.168. The van der Waals surface area contributed by atoms with Gasteiger partial charge in [0, 0.05) is 19.4 Å². The number of quaternary nitrogens is 1. The zero-order chi connectivity index (χ0) is 18.2. The highest BCUT2D eigenvalue weighted by atomic mass is 16.5. The number of carbonyl (C=O) groups excluding carboxylic acids is 2. The maximum atomic E-state index is 12.2. The van der Waals surface area contributed by atoms with Crippen LogP contribution in [0.5, 0.6) is 11.5 Å². The summed E-state index contributed by atoms with van der Waals surface area (Å²) in [5.74, 6) is 1.31. The third-order valence-corrected chi connectivity index (χ3v) is 4.50. The summed E-state index contributed by atoms with van der Waals surface area (Å²) in [6, 6.07) is 5.94. The fourth-order valence-corrected chi connectivity index (χ4v) is 3.32. The molecule has 1 aromatic carbocycles. The lowest BCUT2D eigenvalue weighted by atomic mass is 10.0. The summed E-state index contributed by atoms with van der Waals surface area (Å²) in [4.78, 5) is 24.8.